The number of rotatable bonds is 6. The first-order valence-electron chi connectivity index (χ1n) is 9.75. The lowest BCUT2D eigenvalue weighted by Gasteiger charge is -2.22. The molecule has 1 N–H and O–H groups in total. The van der Waals surface area contributed by atoms with Crippen molar-refractivity contribution >= 4 is 22.6 Å². The van der Waals surface area contributed by atoms with E-state index in [1.165, 1.54) is 6.42 Å². The molecule has 0 bridgehead atoms. The van der Waals surface area contributed by atoms with Gasteiger partial charge in [0, 0.05) is 12.3 Å². The van der Waals surface area contributed by atoms with Crippen molar-refractivity contribution in [1.29, 1.82) is 0 Å². The van der Waals surface area contributed by atoms with E-state index in [2.05, 4.69) is 10.3 Å². The molecule has 0 saturated carbocycles. The first kappa shape index (κ1) is 18.5. The molecule has 6 heteroatoms. The summed E-state index contributed by atoms with van der Waals surface area (Å²) in [5.74, 6) is 1.52. The summed E-state index contributed by atoms with van der Waals surface area (Å²) in [6, 6.07) is 15.3. The maximum absolute atomic E-state index is 12.5. The van der Waals surface area contributed by atoms with Crippen LogP contribution < -0.4 is 10.1 Å². The summed E-state index contributed by atoms with van der Waals surface area (Å²) >= 11 is 0. The van der Waals surface area contributed by atoms with Crippen LogP contribution in [0.3, 0.4) is 0 Å². The smallest absolute Gasteiger partial charge is 0.244 e. The van der Waals surface area contributed by atoms with Gasteiger partial charge in [0.1, 0.15) is 24.7 Å². The normalized spacial score (nSPS) is 16.8. The lowest BCUT2D eigenvalue weighted by molar-refractivity contribution is -0.116. The third-order valence-electron chi connectivity index (χ3n) is 5.00. The molecule has 2 aromatic carbocycles. The van der Waals surface area contributed by atoms with Crippen molar-refractivity contribution < 1.29 is 14.3 Å². The predicted molar refractivity (Wildman–Crippen MR) is 109 cm³/mol. The highest BCUT2D eigenvalue weighted by Crippen LogP contribution is 2.19. The third kappa shape index (κ3) is 4.34. The highest BCUT2D eigenvalue weighted by atomic mass is 16.5. The predicted octanol–water partition coefficient (Wildman–Crippen LogP) is 3.93. The molecule has 1 atom stereocenters. The summed E-state index contributed by atoms with van der Waals surface area (Å²) in [6.45, 7) is 3.53. The van der Waals surface area contributed by atoms with Gasteiger partial charge in [-0.25, -0.2) is 4.98 Å². The third-order valence-corrected chi connectivity index (χ3v) is 5.00. The van der Waals surface area contributed by atoms with E-state index in [1.54, 1.807) is 0 Å². The van der Waals surface area contributed by atoms with Crippen LogP contribution >= 0.6 is 0 Å². The van der Waals surface area contributed by atoms with Crippen LogP contribution in [0.2, 0.25) is 0 Å². The number of carbonyl (C=O) groups is 1. The molecule has 0 spiro atoms. The van der Waals surface area contributed by atoms with E-state index in [9.17, 15) is 4.79 Å². The van der Waals surface area contributed by atoms with E-state index in [1.807, 2.05) is 60.0 Å². The largest absolute Gasteiger partial charge is 0.491 e. The Hall–Kier alpha value is -2.86. The Balaban J connectivity index is 1.33. The van der Waals surface area contributed by atoms with Crippen molar-refractivity contribution in [2.75, 3.05) is 18.5 Å². The fraction of sp³-hybridized carbons (Fsp3) is 0.364. The number of hydrogen-bond donors (Lipinski definition) is 1. The van der Waals surface area contributed by atoms with Crippen molar-refractivity contribution in [3.63, 3.8) is 0 Å². The highest BCUT2D eigenvalue weighted by molar-refractivity contribution is 5.91. The second-order valence-corrected chi connectivity index (χ2v) is 7.11. The van der Waals surface area contributed by atoms with Crippen molar-refractivity contribution in [3.05, 3.63) is 54.4 Å². The van der Waals surface area contributed by atoms with E-state index in [4.69, 9.17) is 9.47 Å². The second kappa shape index (κ2) is 8.44. The summed E-state index contributed by atoms with van der Waals surface area (Å²) in [7, 11) is 0. The summed E-state index contributed by atoms with van der Waals surface area (Å²) in [4.78, 5) is 17.0. The number of nitrogens with one attached hydrogen (secondary N) is 1. The Bertz CT molecular complexity index is 943. The molecule has 0 aliphatic carbocycles. The maximum Gasteiger partial charge on any atom is 0.244 e. The molecule has 1 aromatic heterocycles. The first-order valence-corrected chi connectivity index (χ1v) is 9.75. The number of fused-ring (bicyclic) bond motifs is 1. The number of aryl methyl sites for hydroxylation is 1. The van der Waals surface area contributed by atoms with Crippen molar-refractivity contribution in [1.82, 2.24) is 9.55 Å². The van der Waals surface area contributed by atoms with E-state index in [-0.39, 0.29) is 18.6 Å². The second-order valence-electron chi connectivity index (χ2n) is 7.11. The van der Waals surface area contributed by atoms with Crippen LogP contribution in [0.5, 0.6) is 5.75 Å². The fourth-order valence-corrected chi connectivity index (χ4v) is 3.50. The number of carbonyl (C=O) groups excluding carboxylic acids is 1. The van der Waals surface area contributed by atoms with Crippen molar-refractivity contribution in [2.45, 2.75) is 38.8 Å². The molecule has 1 saturated heterocycles. The standard InChI is InChI=1S/C22H25N3O3/c1-16-23-20-7-2-3-8-21(20)25(16)14-22(26)24-17-9-11-18(12-10-17)28-15-19-6-4-5-13-27-19/h2-3,7-12,19H,4-6,13-15H2,1H3,(H,24,26). The number of ether oxygens (including phenoxy) is 2. The Labute approximate surface area is 164 Å². The minimum atomic E-state index is -0.0875. The number of nitrogens with zero attached hydrogens (tertiary/aromatic N) is 2. The van der Waals surface area contributed by atoms with Gasteiger partial charge in [0.2, 0.25) is 5.91 Å². The zero-order valence-corrected chi connectivity index (χ0v) is 16.1. The number of amides is 1. The van der Waals surface area contributed by atoms with Gasteiger partial charge in [-0.05, 0) is 62.6 Å². The van der Waals surface area contributed by atoms with Crippen LogP contribution in [-0.4, -0.2) is 34.8 Å². The van der Waals surface area contributed by atoms with E-state index in [0.29, 0.717) is 6.61 Å². The van der Waals surface area contributed by atoms with Crippen molar-refractivity contribution in [2.24, 2.45) is 0 Å². The van der Waals surface area contributed by atoms with Gasteiger partial charge in [0.15, 0.2) is 0 Å². The van der Waals surface area contributed by atoms with Gasteiger partial charge in [0.05, 0.1) is 17.1 Å². The number of para-hydroxylation sites is 2. The maximum atomic E-state index is 12.5. The van der Waals surface area contributed by atoms with Gasteiger partial charge in [-0.1, -0.05) is 12.1 Å². The molecule has 146 valence electrons. The van der Waals surface area contributed by atoms with Gasteiger partial charge in [0.25, 0.3) is 0 Å². The first-order chi connectivity index (χ1) is 13.7. The van der Waals surface area contributed by atoms with Crippen LogP contribution in [-0.2, 0) is 16.1 Å². The molecule has 6 nitrogen and oxygen atoms in total. The topological polar surface area (TPSA) is 65.4 Å². The number of benzene rings is 2. The molecule has 4 rings (SSSR count). The number of hydrogen-bond acceptors (Lipinski definition) is 4. The Morgan fingerprint density at radius 2 is 2.04 bits per heavy atom. The Morgan fingerprint density at radius 3 is 2.82 bits per heavy atom. The summed E-state index contributed by atoms with van der Waals surface area (Å²) in [5.41, 5.74) is 2.61. The highest BCUT2D eigenvalue weighted by Gasteiger charge is 2.14. The molecule has 1 fully saturated rings. The minimum absolute atomic E-state index is 0.0875. The molecule has 0 radical (unpaired) electrons. The Kier molecular flexibility index (Phi) is 5.58. The SMILES string of the molecule is Cc1nc2ccccc2n1CC(=O)Nc1ccc(OCC2CCCCO2)cc1. The van der Waals surface area contributed by atoms with E-state index < -0.39 is 0 Å². The fourth-order valence-electron chi connectivity index (χ4n) is 3.50. The van der Waals surface area contributed by atoms with E-state index in [0.717, 1.165) is 47.7 Å². The van der Waals surface area contributed by atoms with Gasteiger partial charge in [-0.2, -0.15) is 0 Å². The lowest BCUT2D eigenvalue weighted by Crippen LogP contribution is -2.25. The molecule has 1 amide bonds. The van der Waals surface area contributed by atoms with Gasteiger partial charge >= 0.3 is 0 Å². The number of imidazole rings is 1. The number of anilines is 1. The van der Waals surface area contributed by atoms with Gasteiger partial charge < -0.3 is 19.4 Å². The Morgan fingerprint density at radius 1 is 1.21 bits per heavy atom. The molecule has 3 aromatic rings. The average Bonchev–Trinajstić information content (AvgIpc) is 3.03. The zero-order valence-electron chi connectivity index (χ0n) is 16.1. The van der Waals surface area contributed by atoms with E-state index >= 15 is 0 Å². The summed E-state index contributed by atoms with van der Waals surface area (Å²) in [5, 5.41) is 2.94. The average molecular weight is 379 g/mol. The van der Waals surface area contributed by atoms with Crippen LogP contribution in [0, 0.1) is 6.92 Å². The van der Waals surface area contributed by atoms with Crippen LogP contribution in [0.1, 0.15) is 25.1 Å². The zero-order chi connectivity index (χ0) is 19.3. The summed E-state index contributed by atoms with van der Waals surface area (Å²) in [6.07, 6.45) is 3.57. The van der Waals surface area contributed by atoms with Gasteiger partial charge in [-0.3, -0.25) is 4.79 Å². The van der Waals surface area contributed by atoms with Crippen molar-refractivity contribution in [3.8, 4) is 5.75 Å². The van der Waals surface area contributed by atoms with Crippen LogP contribution in [0.15, 0.2) is 48.5 Å². The molecule has 1 aliphatic heterocycles. The molecule has 1 unspecified atom stereocenters. The van der Waals surface area contributed by atoms with Crippen LogP contribution in [0.25, 0.3) is 11.0 Å². The van der Waals surface area contributed by atoms with Gasteiger partial charge in [-0.15, -0.1) is 0 Å². The molecule has 1 aliphatic rings. The van der Waals surface area contributed by atoms with Crippen LogP contribution in [0.4, 0.5) is 5.69 Å². The molecular formula is C22H25N3O3. The minimum Gasteiger partial charge on any atom is -0.491 e. The number of aromatic nitrogens is 2. The monoisotopic (exact) mass is 379 g/mol. The lowest BCUT2D eigenvalue weighted by atomic mass is 10.1. The molecule has 28 heavy (non-hydrogen) atoms. The summed E-state index contributed by atoms with van der Waals surface area (Å²) < 4.78 is 13.4. The molecule has 2 heterocycles. The molecular weight excluding hydrogens is 354 g/mol. The quantitative estimate of drug-likeness (QED) is 0.705.